The van der Waals surface area contributed by atoms with Gasteiger partial charge >= 0.3 is 5.97 Å². The van der Waals surface area contributed by atoms with E-state index >= 15 is 0 Å². The summed E-state index contributed by atoms with van der Waals surface area (Å²) in [6.45, 7) is 5.11. The summed E-state index contributed by atoms with van der Waals surface area (Å²) in [6.07, 6.45) is 1.44. The molecule has 1 aromatic carbocycles. The molecule has 2 rings (SSSR count). The van der Waals surface area contributed by atoms with Crippen LogP contribution in [0, 0.1) is 12.8 Å². The number of methoxy groups -OCH3 is 1. The van der Waals surface area contributed by atoms with Crippen LogP contribution in [0.1, 0.15) is 31.7 Å². The summed E-state index contributed by atoms with van der Waals surface area (Å²) in [5.74, 6) is 0.429. The highest BCUT2D eigenvalue weighted by Crippen LogP contribution is 2.21. The highest BCUT2D eigenvalue weighted by atomic mass is 16.5. The highest BCUT2D eigenvalue weighted by molar-refractivity contribution is 5.81. The van der Waals surface area contributed by atoms with Gasteiger partial charge in [-0.25, -0.2) is 0 Å². The Balaban J connectivity index is 1.92. The summed E-state index contributed by atoms with van der Waals surface area (Å²) in [5, 5.41) is 0. The Kier molecular flexibility index (Phi) is 6.02. The number of aryl methyl sites for hydroxylation is 1. The number of esters is 1. The number of likely N-dealkylation sites (tertiary alicyclic amines) is 1. The molecule has 23 heavy (non-hydrogen) atoms. The Labute approximate surface area is 137 Å². The number of hydrogen-bond acceptors (Lipinski definition) is 4. The first-order valence-corrected chi connectivity index (χ1v) is 8.15. The lowest BCUT2D eigenvalue weighted by atomic mass is 9.96. The van der Waals surface area contributed by atoms with Crippen molar-refractivity contribution in [3.63, 3.8) is 0 Å². The molecule has 0 radical (unpaired) electrons. The van der Waals surface area contributed by atoms with Crippen LogP contribution in [0.4, 0.5) is 0 Å². The van der Waals surface area contributed by atoms with Gasteiger partial charge in [-0.1, -0.05) is 24.6 Å². The van der Waals surface area contributed by atoms with Gasteiger partial charge in [0.1, 0.15) is 5.75 Å². The molecule has 1 atom stereocenters. The van der Waals surface area contributed by atoms with Crippen molar-refractivity contribution < 1.29 is 19.1 Å². The minimum Gasteiger partial charge on any atom is -0.481 e. The number of piperidine rings is 1. The summed E-state index contributed by atoms with van der Waals surface area (Å²) in [6, 6.07) is 7.70. The third-order valence-electron chi connectivity index (χ3n) is 4.29. The van der Waals surface area contributed by atoms with Gasteiger partial charge in [-0.05, 0) is 38.3 Å². The zero-order valence-corrected chi connectivity index (χ0v) is 14.1. The second-order valence-corrected chi connectivity index (χ2v) is 5.95. The fourth-order valence-corrected chi connectivity index (χ4v) is 2.80. The molecule has 0 spiro atoms. The number of carbonyl (C=O) groups excluding carboxylic acids is 2. The second kappa shape index (κ2) is 7.99. The molecule has 1 aromatic rings. The smallest absolute Gasteiger partial charge is 0.308 e. The van der Waals surface area contributed by atoms with Gasteiger partial charge in [0, 0.05) is 13.1 Å². The second-order valence-electron chi connectivity index (χ2n) is 5.95. The standard InChI is InChI=1S/C18H25NO4/c1-4-16(23-15-7-5-13(2)6-8-15)17(20)19-11-9-14(10-12-19)18(21)22-3/h5-8,14,16H,4,9-12H2,1-3H3/t16-/m1/s1. The lowest BCUT2D eigenvalue weighted by Gasteiger charge is -2.33. The molecule has 1 saturated heterocycles. The summed E-state index contributed by atoms with van der Waals surface area (Å²) in [7, 11) is 1.41. The van der Waals surface area contributed by atoms with E-state index in [-0.39, 0.29) is 17.8 Å². The van der Waals surface area contributed by atoms with Crippen LogP contribution >= 0.6 is 0 Å². The van der Waals surface area contributed by atoms with Gasteiger partial charge in [0.2, 0.25) is 0 Å². The van der Waals surface area contributed by atoms with Crippen molar-refractivity contribution in [3.8, 4) is 5.75 Å². The van der Waals surface area contributed by atoms with Gasteiger partial charge < -0.3 is 14.4 Å². The molecule has 1 aliphatic heterocycles. The van der Waals surface area contributed by atoms with Crippen LogP contribution in [-0.2, 0) is 14.3 Å². The summed E-state index contributed by atoms with van der Waals surface area (Å²) < 4.78 is 10.6. The Morgan fingerprint density at radius 1 is 1.22 bits per heavy atom. The van der Waals surface area contributed by atoms with E-state index in [1.807, 2.05) is 38.1 Å². The zero-order valence-electron chi connectivity index (χ0n) is 14.1. The normalized spacial score (nSPS) is 16.7. The van der Waals surface area contributed by atoms with Gasteiger partial charge in [0.15, 0.2) is 6.10 Å². The van der Waals surface area contributed by atoms with Crippen molar-refractivity contribution in [2.45, 2.75) is 39.2 Å². The van der Waals surface area contributed by atoms with Crippen molar-refractivity contribution >= 4 is 11.9 Å². The fraction of sp³-hybridized carbons (Fsp3) is 0.556. The van der Waals surface area contributed by atoms with Crippen LogP contribution in [0.15, 0.2) is 24.3 Å². The topological polar surface area (TPSA) is 55.8 Å². The zero-order chi connectivity index (χ0) is 16.8. The van der Waals surface area contributed by atoms with E-state index < -0.39 is 6.10 Å². The SMILES string of the molecule is CC[C@@H](Oc1ccc(C)cc1)C(=O)N1CCC(C(=O)OC)CC1. The number of amides is 1. The fourth-order valence-electron chi connectivity index (χ4n) is 2.80. The maximum atomic E-state index is 12.6. The van der Waals surface area contributed by atoms with Crippen molar-refractivity contribution in [2.24, 2.45) is 5.92 Å². The Hall–Kier alpha value is -2.04. The molecular formula is C18H25NO4. The van der Waals surface area contributed by atoms with Crippen LogP contribution in [0.25, 0.3) is 0 Å². The molecule has 0 aliphatic carbocycles. The first kappa shape index (κ1) is 17.3. The van der Waals surface area contributed by atoms with Crippen LogP contribution in [0.3, 0.4) is 0 Å². The molecule has 0 saturated carbocycles. The van der Waals surface area contributed by atoms with Crippen LogP contribution in [-0.4, -0.2) is 43.1 Å². The van der Waals surface area contributed by atoms with Gasteiger partial charge in [-0.3, -0.25) is 9.59 Å². The van der Waals surface area contributed by atoms with E-state index in [4.69, 9.17) is 9.47 Å². The Bertz CT molecular complexity index is 532. The van der Waals surface area contributed by atoms with E-state index in [9.17, 15) is 9.59 Å². The van der Waals surface area contributed by atoms with Crippen molar-refractivity contribution in [2.75, 3.05) is 20.2 Å². The van der Waals surface area contributed by atoms with E-state index in [2.05, 4.69) is 0 Å². The molecule has 0 N–H and O–H groups in total. The average molecular weight is 319 g/mol. The summed E-state index contributed by atoms with van der Waals surface area (Å²) >= 11 is 0. The molecular weight excluding hydrogens is 294 g/mol. The highest BCUT2D eigenvalue weighted by Gasteiger charge is 2.31. The molecule has 1 fully saturated rings. The average Bonchev–Trinajstić information content (AvgIpc) is 2.60. The van der Waals surface area contributed by atoms with Crippen molar-refractivity contribution in [1.82, 2.24) is 4.90 Å². The van der Waals surface area contributed by atoms with Crippen molar-refractivity contribution in [3.05, 3.63) is 29.8 Å². The van der Waals surface area contributed by atoms with Gasteiger partial charge in [0.05, 0.1) is 13.0 Å². The van der Waals surface area contributed by atoms with E-state index in [1.54, 1.807) is 4.90 Å². The number of carbonyl (C=O) groups is 2. The molecule has 126 valence electrons. The minimum absolute atomic E-state index is 0.00334. The number of nitrogens with zero attached hydrogens (tertiary/aromatic N) is 1. The van der Waals surface area contributed by atoms with Crippen molar-refractivity contribution in [1.29, 1.82) is 0 Å². The largest absolute Gasteiger partial charge is 0.481 e. The lowest BCUT2D eigenvalue weighted by molar-refractivity contribution is -0.150. The van der Waals surface area contributed by atoms with Crippen LogP contribution < -0.4 is 4.74 Å². The molecule has 0 aromatic heterocycles. The third kappa shape index (κ3) is 4.47. The number of hydrogen-bond donors (Lipinski definition) is 0. The monoisotopic (exact) mass is 319 g/mol. The number of ether oxygens (including phenoxy) is 2. The Morgan fingerprint density at radius 2 is 1.83 bits per heavy atom. The lowest BCUT2D eigenvalue weighted by Crippen LogP contribution is -2.46. The molecule has 5 nitrogen and oxygen atoms in total. The van der Waals surface area contributed by atoms with E-state index in [0.29, 0.717) is 38.1 Å². The molecule has 1 aliphatic rings. The first-order valence-electron chi connectivity index (χ1n) is 8.15. The number of rotatable bonds is 5. The van der Waals surface area contributed by atoms with Crippen LogP contribution in [0.5, 0.6) is 5.75 Å². The summed E-state index contributed by atoms with van der Waals surface area (Å²) in [4.78, 5) is 26.0. The quantitative estimate of drug-likeness (QED) is 0.783. The minimum atomic E-state index is -0.479. The van der Waals surface area contributed by atoms with Gasteiger partial charge in [0.25, 0.3) is 5.91 Å². The summed E-state index contributed by atoms with van der Waals surface area (Å²) in [5.41, 5.74) is 1.15. The maximum absolute atomic E-state index is 12.6. The third-order valence-corrected chi connectivity index (χ3v) is 4.29. The van der Waals surface area contributed by atoms with Gasteiger partial charge in [-0.2, -0.15) is 0 Å². The molecule has 1 amide bonds. The molecule has 5 heteroatoms. The number of benzene rings is 1. The predicted octanol–water partition coefficient (Wildman–Crippen LogP) is 2.56. The first-order chi connectivity index (χ1) is 11.0. The predicted molar refractivity (Wildman–Crippen MR) is 87.2 cm³/mol. The molecule has 0 unspecified atom stereocenters. The maximum Gasteiger partial charge on any atom is 0.308 e. The van der Waals surface area contributed by atoms with E-state index in [0.717, 1.165) is 5.56 Å². The van der Waals surface area contributed by atoms with E-state index in [1.165, 1.54) is 7.11 Å². The molecule has 1 heterocycles. The van der Waals surface area contributed by atoms with Crippen LogP contribution in [0.2, 0.25) is 0 Å². The molecule has 0 bridgehead atoms. The Morgan fingerprint density at radius 3 is 2.35 bits per heavy atom. The van der Waals surface area contributed by atoms with Gasteiger partial charge in [-0.15, -0.1) is 0 Å².